The number of hydrogen-bond donors (Lipinski definition) is 0. The number of halogens is 3. The highest BCUT2D eigenvalue weighted by molar-refractivity contribution is 7.89. The van der Waals surface area contributed by atoms with Crippen molar-refractivity contribution in [1.82, 2.24) is 4.31 Å². The topological polar surface area (TPSA) is 46.6 Å². The number of ether oxygens (including phenoxy) is 1. The second kappa shape index (κ2) is 5.10. The van der Waals surface area contributed by atoms with Crippen molar-refractivity contribution in [1.29, 1.82) is 0 Å². The minimum atomic E-state index is -4.39. The van der Waals surface area contributed by atoms with Gasteiger partial charge in [-0.2, -0.15) is 17.5 Å². The van der Waals surface area contributed by atoms with Gasteiger partial charge in [-0.15, -0.1) is 0 Å². The molecule has 1 saturated heterocycles. The highest BCUT2D eigenvalue weighted by Crippen LogP contribution is 2.24. The van der Waals surface area contributed by atoms with Crippen LogP contribution in [0.2, 0.25) is 0 Å². The van der Waals surface area contributed by atoms with Crippen LogP contribution < -0.4 is 0 Å². The number of hydrogen-bond acceptors (Lipinski definition) is 3. The number of sulfonamides is 1. The lowest BCUT2D eigenvalue weighted by atomic mass is 10.2. The first kappa shape index (κ1) is 14.3. The highest BCUT2D eigenvalue weighted by Gasteiger charge is 2.39. The van der Waals surface area contributed by atoms with E-state index >= 15 is 0 Å². The van der Waals surface area contributed by atoms with Gasteiger partial charge < -0.3 is 4.74 Å². The van der Waals surface area contributed by atoms with Crippen molar-refractivity contribution >= 4 is 10.0 Å². The third-order valence-corrected chi connectivity index (χ3v) is 4.52. The van der Waals surface area contributed by atoms with Gasteiger partial charge in [-0.1, -0.05) is 18.2 Å². The molecular weight excluding hydrogens is 283 g/mol. The SMILES string of the molecule is O=S(=O)(c1ccccc1)N1CC(OCC(F)(F)F)C1. The Morgan fingerprint density at radius 3 is 2.32 bits per heavy atom. The predicted octanol–water partition coefficient (Wildman–Crippen LogP) is 1.64. The molecule has 2 rings (SSSR count). The molecule has 0 spiro atoms. The fraction of sp³-hybridized carbons (Fsp3) is 0.455. The summed E-state index contributed by atoms with van der Waals surface area (Å²) in [6.07, 6.45) is -5.08. The largest absolute Gasteiger partial charge is 0.411 e. The Kier molecular flexibility index (Phi) is 3.84. The average molecular weight is 295 g/mol. The van der Waals surface area contributed by atoms with E-state index in [1.54, 1.807) is 18.2 Å². The zero-order chi connectivity index (χ0) is 14.1. The molecule has 0 atom stereocenters. The van der Waals surface area contributed by atoms with Crippen molar-refractivity contribution in [2.45, 2.75) is 17.2 Å². The van der Waals surface area contributed by atoms with Gasteiger partial charge in [0.1, 0.15) is 6.61 Å². The van der Waals surface area contributed by atoms with Gasteiger partial charge in [0.05, 0.1) is 11.0 Å². The van der Waals surface area contributed by atoms with Crippen LogP contribution in [0.25, 0.3) is 0 Å². The minimum absolute atomic E-state index is 0.0483. The summed E-state index contributed by atoms with van der Waals surface area (Å²) in [6, 6.07) is 7.75. The van der Waals surface area contributed by atoms with Gasteiger partial charge in [-0.3, -0.25) is 0 Å². The van der Waals surface area contributed by atoms with Crippen LogP contribution in [0.15, 0.2) is 35.2 Å². The van der Waals surface area contributed by atoms with E-state index in [1.807, 2.05) is 0 Å². The van der Waals surface area contributed by atoms with E-state index in [0.717, 1.165) is 4.31 Å². The van der Waals surface area contributed by atoms with Crippen LogP contribution in [-0.2, 0) is 14.8 Å². The minimum Gasteiger partial charge on any atom is -0.366 e. The Morgan fingerprint density at radius 2 is 1.79 bits per heavy atom. The Morgan fingerprint density at radius 1 is 1.21 bits per heavy atom. The molecule has 1 heterocycles. The molecule has 1 fully saturated rings. The van der Waals surface area contributed by atoms with Crippen molar-refractivity contribution in [3.05, 3.63) is 30.3 Å². The first-order chi connectivity index (χ1) is 8.79. The van der Waals surface area contributed by atoms with E-state index in [9.17, 15) is 21.6 Å². The molecule has 0 unspecified atom stereocenters. The van der Waals surface area contributed by atoms with E-state index < -0.39 is 28.9 Å². The van der Waals surface area contributed by atoms with Crippen LogP contribution in [-0.4, -0.2) is 44.7 Å². The van der Waals surface area contributed by atoms with Crippen molar-refractivity contribution in [3.63, 3.8) is 0 Å². The first-order valence-electron chi connectivity index (χ1n) is 5.52. The van der Waals surface area contributed by atoms with E-state index in [1.165, 1.54) is 12.1 Å². The molecule has 0 amide bonds. The summed E-state index contributed by atoms with van der Waals surface area (Å²) in [5.41, 5.74) is 0. The van der Waals surface area contributed by atoms with Crippen molar-refractivity contribution in [3.8, 4) is 0 Å². The van der Waals surface area contributed by atoms with E-state index in [0.29, 0.717) is 0 Å². The summed E-state index contributed by atoms with van der Waals surface area (Å²) in [5, 5.41) is 0. The summed E-state index contributed by atoms with van der Waals surface area (Å²) >= 11 is 0. The second-order valence-corrected chi connectivity index (χ2v) is 6.12. The van der Waals surface area contributed by atoms with Gasteiger partial charge in [0.15, 0.2) is 0 Å². The Hall–Kier alpha value is -1.12. The zero-order valence-electron chi connectivity index (χ0n) is 9.80. The van der Waals surface area contributed by atoms with Crippen LogP contribution in [0.1, 0.15) is 0 Å². The normalized spacial score (nSPS) is 18.3. The predicted molar refractivity (Wildman–Crippen MR) is 61.0 cm³/mol. The quantitative estimate of drug-likeness (QED) is 0.848. The van der Waals surface area contributed by atoms with Crippen molar-refractivity contribution in [2.24, 2.45) is 0 Å². The molecule has 1 aromatic rings. The number of alkyl halides is 3. The van der Waals surface area contributed by atoms with Crippen molar-refractivity contribution in [2.75, 3.05) is 19.7 Å². The molecule has 106 valence electrons. The maximum atomic E-state index is 12.0. The molecule has 0 N–H and O–H groups in total. The smallest absolute Gasteiger partial charge is 0.366 e. The third-order valence-electron chi connectivity index (χ3n) is 2.68. The molecule has 0 bridgehead atoms. The fourth-order valence-electron chi connectivity index (χ4n) is 1.66. The molecule has 4 nitrogen and oxygen atoms in total. The van der Waals surface area contributed by atoms with E-state index in [-0.39, 0.29) is 18.0 Å². The Balaban J connectivity index is 1.90. The van der Waals surface area contributed by atoms with Crippen LogP contribution in [0.3, 0.4) is 0 Å². The van der Waals surface area contributed by atoms with E-state index in [2.05, 4.69) is 4.74 Å². The average Bonchev–Trinajstić information content (AvgIpc) is 2.26. The molecule has 0 saturated carbocycles. The maximum Gasteiger partial charge on any atom is 0.411 e. The first-order valence-corrected chi connectivity index (χ1v) is 6.96. The number of rotatable bonds is 4. The molecule has 0 aliphatic carbocycles. The van der Waals surface area contributed by atoms with Gasteiger partial charge in [-0.25, -0.2) is 8.42 Å². The summed E-state index contributed by atoms with van der Waals surface area (Å²) < 4.78 is 65.4. The van der Waals surface area contributed by atoms with Crippen molar-refractivity contribution < 1.29 is 26.3 Å². The maximum absolute atomic E-state index is 12.0. The van der Waals surface area contributed by atoms with Gasteiger partial charge in [-0.05, 0) is 12.1 Å². The van der Waals surface area contributed by atoms with Crippen LogP contribution in [0, 0.1) is 0 Å². The summed E-state index contributed by atoms with van der Waals surface area (Å²) in [7, 11) is -3.62. The van der Waals surface area contributed by atoms with Gasteiger partial charge in [0, 0.05) is 13.1 Å². The van der Waals surface area contributed by atoms with E-state index in [4.69, 9.17) is 0 Å². The summed E-state index contributed by atoms with van der Waals surface area (Å²) in [5.74, 6) is 0. The number of nitrogens with zero attached hydrogens (tertiary/aromatic N) is 1. The standard InChI is InChI=1S/C11H12F3NO3S/c12-11(13,14)8-18-9-6-15(7-9)19(16,17)10-4-2-1-3-5-10/h1-5,9H,6-8H2. The molecule has 19 heavy (non-hydrogen) atoms. The summed E-state index contributed by atoms with van der Waals surface area (Å²) in [6.45, 7) is -1.45. The van der Waals surface area contributed by atoms with Crippen LogP contribution in [0.4, 0.5) is 13.2 Å². The monoisotopic (exact) mass is 295 g/mol. The Labute approximate surface area is 108 Å². The zero-order valence-corrected chi connectivity index (χ0v) is 10.6. The van der Waals surface area contributed by atoms with Crippen LogP contribution >= 0.6 is 0 Å². The molecule has 0 radical (unpaired) electrons. The van der Waals surface area contributed by atoms with Crippen LogP contribution in [0.5, 0.6) is 0 Å². The number of benzene rings is 1. The van der Waals surface area contributed by atoms with Gasteiger partial charge >= 0.3 is 6.18 Å². The second-order valence-electron chi connectivity index (χ2n) is 4.18. The highest BCUT2D eigenvalue weighted by atomic mass is 32.2. The molecular formula is C11H12F3NO3S. The van der Waals surface area contributed by atoms with Gasteiger partial charge in [0.25, 0.3) is 0 Å². The fourth-order valence-corrected chi connectivity index (χ4v) is 3.18. The summed E-state index contributed by atoms with van der Waals surface area (Å²) in [4.78, 5) is 0.129. The third kappa shape index (κ3) is 3.46. The lowest BCUT2D eigenvalue weighted by Gasteiger charge is -2.37. The van der Waals surface area contributed by atoms with Gasteiger partial charge in [0.2, 0.25) is 10.0 Å². The lowest BCUT2D eigenvalue weighted by molar-refractivity contribution is -0.194. The molecule has 0 aromatic heterocycles. The molecule has 1 aliphatic heterocycles. The molecule has 1 aliphatic rings. The Bertz CT molecular complexity index is 524. The molecule has 1 aromatic carbocycles. The molecule has 8 heteroatoms. The lowest BCUT2D eigenvalue weighted by Crippen LogP contribution is -2.55.